The van der Waals surface area contributed by atoms with Crippen molar-refractivity contribution in [2.75, 3.05) is 50.2 Å². The molecule has 0 bridgehead atoms. The number of morpholine rings is 1. The van der Waals surface area contributed by atoms with Crippen LogP contribution in [-0.4, -0.2) is 60.9 Å². The zero-order valence-corrected chi connectivity index (χ0v) is 19.5. The number of hydrogen-bond donors (Lipinski definition) is 1. The number of nitrogens with one attached hydrogen (secondary N) is 1. The fourth-order valence-corrected chi connectivity index (χ4v) is 3.67. The molecule has 34 heavy (non-hydrogen) atoms. The van der Waals surface area contributed by atoms with Gasteiger partial charge in [-0.25, -0.2) is 14.8 Å². The fourth-order valence-electron chi connectivity index (χ4n) is 3.67. The van der Waals surface area contributed by atoms with Crippen LogP contribution in [-0.2, 0) is 4.74 Å². The van der Waals surface area contributed by atoms with Crippen LogP contribution < -0.4 is 15.0 Å². The maximum absolute atomic E-state index is 13.2. The monoisotopic (exact) mass is 459 g/mol. The molecule has 0 spiro atoms. The third-order valence-corrected chi connectivity index (χ3v) is 5.47. The number of ether oxygens (including phenoxy) is 2. The Balaban J connectivity index is 1.56. The van der Waals surface area contributed by atoms with Crippen molar-refractivity contribution < 1.29 is 14.3 Å². The summed E-state index contributed by atoms with van der Waals surface area (Å²) in [6, 6.07) is 17.3. The third kappa shape index (κ3) is 5.71. The first-order valence-electron chi connectivity index (χ1n) is 11.3. The Morgan fingerprint density at radius 2 is 2.00 bits per heavy atom. The number of allylic oxidation sites excluding steroid dienone is 1. The van der Waals surface area contributed by atoms with Gasteiger partial charge in [0.2, 0.25) is 5.95 Å². The standard InChI is InChI=1S/C26H29N5O3/c1-3-4-13-31(26(32)30-14-16-34-17-15-30)22-9-6-8-21(19-22)28-25-27-12-11-24(29-25)20-7-5-10-23(18-20)33-2/h3-12,18-19H,13-17H2,1-2H3,(H,27,28,29)/b4-3+. The molecule has 1 fully saturated rings. The summed E-state index contributed by atoms with van der Waals surface area (Å²) < 4.78 is 10.7. The predicted octanol–water partition coefficient (Wildman–Crippen LogP) is 4.73. The van der Waals surface area contributed by atoms with Gasteiger partial charge in [0, 0.05) is 42.8 Å². The second-order valence-electron chi connectivity index (χ2n) is 7.73. The molecular weight excluding hydrogens is 430 g/mol. The molecule has 1 aliphatic rings. The first-order valence-corrected chi connectivity index (χ1v) is 11.3. The molecule has 8 nitrogen and oxygen atoms in total. The van der Waals surface area contributed by atoms with E-state index < -0.39 is 0 Å². The Bertz CT molecular complexity index is 1140. The van der Waals surface area contributed by atoms with E-state index in [2.05, 4.69) is 15.3 Å². The van der Waals surface area contributed by atoms with Crippen LogP contribution in [0.1, 0.15) is 6.92 Å². The summed E-state index contributed by atoms with van der Waals surface area (Å²) in [5.74, 6) is 1.24. The van der Waals surface area contributed by atoms with Crippen LogP contribution >= 0.6 is 0 Å². The molecule has 8 heteroatoms. The summed E-state index contributed by atoms with van der Waals surface area (Å²) in [6.45, 7) is 4.74. The average Bonchev–Trinajstić information content (AvgIpc) is 2.90. The van der Waals surface area contributed by atoms with Crippen LogP contribution in [0.5, 0.6) is 5.75 Å². The second kappa shape index (κ2) is 11.3. The van der Waals surface area contributed by atoms with E-state index in [1.807, 2.05) is 78.6 Å². The van der Waals surface area contributed by atoms with Crippen molar-refractivity contribution in [2.45, 2.75) is 6.92 Å². The van der Waals surface area contributed by atoms with Crippen molar-refractivity contribution in [1.82, 2.24) is 14.9 Å². The lowest BCUT2D eigenvalue weighted by Gasteiger charge is -2.32. The van der Waals surface area contributed by atoms with Crippen LogP contribution in [0, 0.1) is 0 Å². The van der Waals surface area contributed by atoms with Crippen molar-refractivity contribution in [1.29, 1.82) is 0 Å². The van der Waals surface area contributed by atoms with Gasteiger partial charge in [0.25, 0.3) is 0 Å². The van der Waals surface area contributed by atoms with Gasteiger partial charge in [-0.2, -0.15) is 0 Å². The molecule has 3 aromatic rings. The summed E-state index contributed by atoms with van der Waals surface area (Å²) in [4.78, 5) is 25.9. The Morgan fingerprint density at radius 3 is 2.79 bits per heavy atom. The Kier molecular flexibility index (Phi) is 7.72. The second-order valence-corrected chi connectivity index (χ2v) is 7.73. The summed E-state index contributed by atoms with van der Waals surface area (Å²) in [7, 11) is 1.64. The molecule has 2 aromatic carbocycles. The number of rotatable bonds is 7. The molecule has 0 unspecified atom stereocenters. The van der Waals surface area contributed by atoms with Crippen molar-refractivity contribution >= 4 is 23.4 Å². The molecule has 2 amide bonds. The number of aromatic nitrogens is 2. The Labute approximate surface area is 199 Å². The summed E-state index contributed by atoms with van der Waals surface area (Å²) in [6.07, 6.45) is 5.63. The molecule has 1 aromatic heterocycles. The molecule has 2 heterocycles. The lowest BCUT2D eigenvalue weighted by Crippen LogP contribution is -2.48. The zero-order chi connectivity index (χ0) is 23.8. The molecule has 176 valence electrons. The number of anilines is 3. The fraction of sp³-hybridized carbons (Fsp3) is 0.269. The minimum atomic E-state index is -0.0326. The van der Waals surface area contributed by atoms with Crippen molar-refractivity contribution in [3.8, 4) is 17.0 Å². The smallest absolute Gasteiger partial charge is 0.324 e. The number of amides is 2. The van der Waals surface area contributed by atoms with Crippen LogP contribution in [0.2, 0.25) is 0 Å². The Morgan fingerprint density at radius 1 is 1.18 bits per heavy atom. The molecule has 1 aliphatic heterocycles. The van der Waals surface area contributed by atoms with Gasteiger partial charge >= 0.3 is 6.03 Å². The van der Waals surface area contributed by atoms with Gasteiger partial charge in [0.1, 0.15) is 5.75 Å². The highest BCUT2D eigenvalue weighted by Gasteiger charge is 2.23. The van der Waals surface area contributed by atoms with Crippen molar-refractivity contribution in [3.05, 3.63) is 72.9 Å². The normalized spacial score (nSPS) is 13.6. The van der Waals surface area contributed by atoms with Gasteiger partial charge in [0.15, 0.2) is 0 Å². The van der Waals surface area contributed by atoms with Crippen molar-refractivity contribution in [3.63, 3.8) is 0 Å². The van der Waals surface area contributed by atoms with Crippen LogP contribution in [0.4, 0.5) is 22.1 Å². The number of hydrogen-bond acceptors (Lipinski definition) is 6. The molecule has 1 N–H and O–H groups in total. The van der Waals surface area contributed by atoms with Gasteiger partial charge in [-0.1, -0.05) is 30.4 Å². The first kappa shape index (κ1) is 23.3. The van der Waals surface area contributed by atoms with E-state index in [9.17, 15) is 4.79 Å². The summed E-state index contributed by atoms with van der Waals surface area (Å²) in [5.41, 5.74) is 3.31. The number of carbonyl (C=O) groups excluding carboxylic acids is 1. The number of carbonyl (C=O) groups is 1. The van der Waals surface area contributed by atoms with Gasteiger partial charge in [-0.15, -0.1) is 0 Å². The van der Waals surface area contributed by atoms with Gasteiger partial charge in [-0.3, -0.25) is 4.90 Å². The lowest BCUT2D eigenvalue weighted by molar-refractivity contribution is 0.0550. The van der Waals surface area contributed by atoms with Gasteiger partial charge in [0.05, 0.1) is 26.0 Å². The maximum atomic E-state index is 13.2. The van der Waals surface area contributed by atoms with Crippen molar-refractivity contribution in [2.24, 2.45) is 0 Å². The van der Waals surface area contributed by atoms with E-state index >= 15 is 0 Å². The largest absolute Gasteiger partial charge is 0.497 e. The minimum Gasteiger partial charge on any atom is -0.497 e. The molecule has 0 saturated carbocycles. The average molecular weight is 460 g/mol. The lowest BCUT2D eigenvalue weighted by atomic mass is 10.1. The maximum Gasteiger partial charge on any atom is 0.324 e. The Hall–Kier alpha value is -3.91. The number of benzene rings is 2. The SMILES string of the molecule is C/C=C/CN(C(=O)N1CCOCC1)c1cccc(Nc2nccc(-c3cccc(OC)c3)n2)c1. The molecule has 0 aliphatic carbocycles. The zero-order valence-electron chi connectivity index (χ0n) is 19.5. The third-order valence-electron chi connectivity index (χ3n) is 5.47. The topological polar surface area (TPSA) is 79.8 Å². The van der Waals surface area contributed by atoms with Gasteiger partial charge < -0.3 is 19.7 Å². The van der Waals surface area contributed by atoms with Gasteiger partial charge in [-0.05, 0) is 43.3 Å². The van der Waals surface area contributed by atoms with Crippen LogP contribution in [0.25, 0.3) is 11.3 Å². The minimum absolute atomic E-state index is 0.0326. The molecule has 0 radical (unpaired) electrons. The molecule has 1 saturated heterocycles. The first-order chi connectivity index (χ1) is 16.7. The number of urea groups is 1. The van der Waals surface area contributed by atoms with E-state index in [1.54, 1.807) is 18.2 Å². The van der Waals surface area contributed by atoms with E-state index in [4.69, 9.17) is 9.47 Å². The number of nitrogens with zero attached hydrogens (tertiary/aromatic N) is 4. The van der Waals surface area contributed by atoms with Crippen LogP contribution in [0.15, 0.2) is 72.9 Å². The summed E-state index contributed by atoms with van der Waals surface area (Å²) >= 11 is 0. The highest BCUT2D eigenvalue weighted by atomic mass is 16.5. The predicted molar refractivity (Wildman–Crippen MR) is 134 cm³/mol. The quantitative estimate of drug-likeness (QED) is 0.515. The summed E-state index contributed by atoms with van der Waals surface area (Å²) in [5, 5.41) is 3.27. The molecule has 4 rings (SSSR count). The highest BCUT2D eigenvalue weighted by molar-refractivity contribution is 5.93. The van der Waals surface area contributed by atoms with Crippen LogP contribution in [0.3, 0.4) is 0 Å². The van der Waals surface area contributed by atoms with E-state index in [0.717, 1.165) is 28.4 Å². The molecule has 0 atom stereocenters. The van der Waals surface area contributed by atoms with E-state index in [0.29, 0.717) is 38.8 Å². The van der Waals surface area contributed by atoms with E-state index in [-0.39, 0.29) is 6.03 Å². The number of methoxy groups -OCH3 is 1. The molecular formula is C26H29N5O3. The highest BCUT2D eigenvalue weighted by Crippen LogP contribution is 2.25. The van der Waals surface area contributed by atoms with E-state index in [1.165, 1.54) is 0 Å².